The number of benzene rings is 2. The van der Waals surface area contributed by atoms with Crippen LogP contribution >= 0.6 is 23.2 Å². The van der Waals surface area contributed by atoms with Crippen LogP contribution in [0, 0.1) is 5.82 Å². The average molecular weight is 523 g/mol. The standard InChI is InChI=1S/C24H21Cl2FN2O6/c25-11-1-4-19-13(5-11)18(30)9-22(34-19)24(32)29-17-8-20-16(7-21(17)35-20)28-23(31)10-33-12-2-3-14(26)15(27)6-12/h1-6,16-17,20-22H,7-10H2,(H,28,31)(H,29,32)/t16?,17?,20?,21?,22-/m1/s1. The summed E-state index contributed by atoms with van der Waals surface area (Å²) in [5.74, 6) is -1.05. The molecule has 0 aromatic heterocycles. The van der Waals surface area contributed by atoms with Gasteiger partial charge in [-0.05, 0) is 43.2 Å². The molecular weight excluding hydrogens is 502 g/mol. The molecule has 2 amide bonds. The highest BCUT2D eigenvalue weighted by Crippen LogP contribution is 2.36. The van der Waals surface area contributed by atoms with Crippen LogP contribution in [-0.2, 0) is 14.3 Å². The summed E-state index contributed by atoms with van der Waals surface area (Å²) in [5.41, 5.74) is 0.369. The van der Waals surface area contributed by atoms with E-state index < -0.39 is 11.9 Å². The number of rotatable bonds is 6. The van der Waals surface area contributed by atoms with Crippen molar-refractivity contribution in [2.45, 2.75) is 49.7 Å². The molecule has 0 spiro atoms. The van der Waals surface area contributed by atoms with Crippen LogP contribution in [0.15, 0.2) is 36.4 Å². The Morgan fingerprint density at radius 1 is 1.06 bits per heavy atom. The number of hydrogen-bond acceptors (Lipinski definition) is 6. The summed E-state index contributed by atoms with van der Waals surface area (Å²) in [6.45, 7) is -0.283. The van der Waals surface area contributed by atoms with E-state index in [0.29, 0.717) is 29.2 Å². The van der Waals surface area contributed by atoms with Gasteiger partial charge in [0.1, 0.15) is 17.3 Å². The fraction of sp³-hybridized carbons (Fsp3) is 0.375. The highest BCUT2D eigenvalue weighted by atomic mass is 35.5. The Morgan fingerprint density at radius 2 is 1.80 bits per heavy atom. The summed E-state index contributed by atoms with van der Waals surface area (Å²) in [7, 11) is 0. The summed E-state index contributed by atoms with van der Waals surface area (Å²) in [5, 5.41) is 6.18. The molecule has 8 nitrogen and oxygen atoms in total. The zero-order chi connectivity index (χ0) is 24.7. The maximum atomic E-state index is 13.5. The van der Waals surface area contributed by atoms with E-state index in [1.165, 1.54) is 18.2 Å². The monoisotopic (exact) mass is 522 g/mol. The SMILES string of the molecule is O=C(COc1ccc(Cl)c(F)c1)NC1CC2OC1CC2NC(=O)[C@H]1CC(=O)c2cc(Cl)ccc2O1. The largest absolute Gasteiger partial charge is 0.484 e. The molecule has 2 aromatic carbocycles. The van der Waals surface area contributed by atoms with Gasteiger partial charge < -0.3 is 24.8 Å². The summed E-state index contributed by atoms with van der Waals surface area (Å²) in [4.78, 5) is 37.5. The van der Waals surface area contributed by atoms with E-state index in [1.54, 1.807) is 12.1 Å². The Balaban J connectivity index is 1.10. The van der Waals surface area contributed by atoms with Crippen LogP contribution in [0.25, 0.3) is 0 Å². The number of fused-ring (bicyclic) bond motifs is 3. The third-order valence-electron chi connectivity index (χ3n) is 6.33. The lowest BCUT2D eigenvalue weighted by Crippen LogP contribution is -2.52. The second kappa shape index (κ2) is 9.64. The van der Waals surface area contributed by atoms with Gasteiger partial charge in [-0.2, -0.15) is 0 Å². The van der Waals surface area contributed by atoms with Crippen molar-refractivity contribution in [3.8, 4) is 11.5 Å². The van der Waals surface area contributed by atoms with Crippen LogP contribution < -0.4 is 20.1 Å². The van der Waals surface area contributed by atoms with Gasteiger partial charge in [-0.25, -0.2) is 4.39 Å². The molecule has 2 bridgehead atoms. The van der Waals surface area contributed by atoms with Crippen LogP contribution in [0.3, 0.4) is 0 Å². The lowest BCUT2D eigenvalue weighted by Gasteiger charge is -2.29. The zero-order valence-electron chi connectivity index (χ0n) is 18.3. The molecule has 3 aliphatic rings. The summed E-state index contributed by atoms with van der Waals surface area (Å²) < 4.78 is 30.4. The zero-order valence-corrected chi connectivity index (χ0v) is 19.8. The van der Waals surface area contributed by atoms with Crippen molar-refractivity contribution < 1.29 is 33.0 Å². The molecule has 3 heterocycles. The van der Waals surface area contributed by atoms with Crippen molar-refractivity contribution >= 4 is 40.8 Å². The number of hydrogen-bond donors (Lipinski definition) is 2. The molecule has 2 N–H and O–H groups in total. The van der Waals surface area contributed by atoms with E-state index >= 15 is 0 Å². The van der Waals surface area contributed by atoms with Crippen LogP contribution in [0.4, 0.5) is 4.39 Å². The molecule has 0 aliphatic carbocycles. The molecule has 184 valence electrons. The molecule has 3 aliphatic heterocycles. The molecule has 0 radical (unpaired) electrons. The molecule has 0 saturated carbocycles. The van der Waals surface area contributed by atoms with Crippen molar-refractivity contribution in [3.63, 3.8) is 0 Å². The minimum atomic E-state index is -0.930. The average Bonchev–Trinajstić information content (AvgIpc) is 3.40. The Labute approximate surface area is 210 Å². The summed E-state index contributed by atoms with van der Waals surface area (Å²) >= 11 is 11.6. The van der Waals surface area contributed by atoms with Crippen LogP contribution in [-0.4, -0.2) is 54.6 Å². The van der Waals surface area contributed by atoms with Crippen molar-refractivity contribution in [1.29, 1.82) is 0 Å². The van der Waals surface area contributed by atoms with Gasteiger partial charge in [-0.15, -0.1) is 0 Å². The van der Waals surface area contributed by atoms with Gasteiger partial charge in [0.25, 0.3) is 11.8 Å². The predicted molar refractivity (Wildman–Crippen MR) is 123 cm³/mol. The first kappa shape index (κ1) is 23.8. The number of carbonyl (C=O) groups excluding carboxylic acids is 3. The summed E-state index contributed by atoms with van der Waals surface area (Å²) in [6.07, 6.45) is -0.511. The Hall–Kier alpha value is -2.88. The number of carbonyl (C=O) groups is 3. The maximum absolute atomic E-state index is 13.5. The van der Waals surface area contributed by atoms with Gasteiger partial charge in [0.15, 0.2) is 18.5 Å². The maximum Gasteiger partial charge on any atom is 0.261 e. The highest BCUT2D eigenvalue weighted by molar-refractivity contribution is 6.31. The first-order valence-electron chi connectivity index (χ1n) is 11.1. The predicted octanol–water partition coefficient (Wildman–Crippen LogP) is 3.08. The number of amides is 2. The first-order valence-corrected chi connectivity index (χ1v) is 11.8. The Bertz CT molecular complexity index is 1190. The smallest absolute Gasteiger partial charge is 0.261 e. The lowest BCUT2D eigenvalue weighted by atomic mass is 9.90. The van der Waals surface area contributed by atoms with E-state index in [9.17, 15) is 18.8 Å². The Morgan fingerprint density at radius 3 is 2.51 bits per heavy atom. The highest BCUT2D eigenvalue weighted by Gasteiger charge is 2.49. The number of Topliss-reactive ketones (excluding diaryl/α,β-unsaturated/α-hetero) is 1. The van der Waals surface area contributed by atoms with E-state index in [2.05, 4.69) is 10.6 Å². The molecule has 5 rings (SSSR count). The Kier molecular flexibility index (Phi) is 6.57. The number of ether oxygens (including phenoxy) is 3. The molecule has 11 heteroatoms. The normalized spacial score (nSPS) is 26.6. The molecule has 5 atom stereocenters. The first-order chi connectivity index (χ1) is 16.8. The minimum Gasteiger partial charge on any atom is -0.484 e. The lowest BCUT2D eigenvalue weighted by molar-refractivity contribution is -0.129. The third-order valence-corrected chi connectivity index (χ3v) is 6.87. The van der Waals surface area contributed by atoms with Crippen molar-refractivity contribution in [2.24, 2.45) is 0 Å². The minimum absolute atomic E-state index is 0.0287. The topological polar surface area (TPSA) is 103 Å². The van der Waals surface area contributed by atoms with Crippen LogP contribution in [0.5, 0.6) is 11.5 Å². The summed E-state index contributed by atoms with van der Waals surface area (Å²) in [6, 6.07) is 8.18. The molecular formula is C24H21Cl2FN2O6. The van der Waals surface area contributed by atoms with Crippen LogP contribution in [0.2, 0.25) is 10.0 Å². The quantitative estimate of drug-likeness (QED) is 0.604. The number of halogens is 3. The molecule has 2 saturated heterocycles. The van der Waals surface area contributed by atoms with Gasteiger partial charge in [-0.1, -0.05) is 23.2 Å². The van der Waals surface area contributed by atoms with Crippen LogP contribution in [0.1, 0.15) is 29.6 Å². The molecule has 35 heavy (non-hydrogen) atoms. The van der Waals surface area contributed by atoms with Gasteiger partial charge in [0, 0.05) is 11.1 Å². The third kappa shape index (κ3) is 5.07. The fourth-order valence-corrected chi connectivity index (χ4v) is 4.93. The molecule has 2 fully saturated rings. The van der Waals surface area contributed by atoms with Gasteiger partial charge in [0.05, 0.1) is 41.3 Å². The number of ketones is 1. The number of nitrogens with one attached hydrogen (secondary N) is 2. The van der Waals surface area contributed by atoms with Gasteiger partial charge in [-0.3, -0.25) is 14.4 Å². The van der Waals surface area contributed by atoms with E-state index in [4.69, 9.17) is 37.4 Å². The van der Waals surface area contributed by atoms with E-state index in [1.807, 2.05) is 0 Å². The van der Waals surface area contributed by atoms with Gasteiger partial charge in [0.2, 0.25) is 0 Å². The second-order valence-corrected chi connectivity index (χ2v) is 9.56. The molecule has 4 unspecified atom stereocenters. The van der Waals surface area contributed by atoms with E-state index in [0.717, 1.165) is 6.07 Å². The van der Waals surface area contributed by atoms with Crippen molar-refractivity contribution in [3.05, 3.63) is 57.8 Å². The van der Waals surface area contributed by atoms with Gasteiger partial charge >= 0.3 is 0 Å². The second-order valence-electron chi connectivity index (χ2n) is 8.71. The van der Waals surface area contributed by atoms with Crippen molar-refractivity contribution in [1.82, 2.24) is 10.6 Å². The fourth-order valence-electron chi connectivity index (χ4n) is 4.64. The molecule has 2 aromatic rings. The van der Waals surface area contributed by atoms with E-state index in [-0.39, 0.29) is 65.7 Å². The van der Waals surface area contributed by atoms with Crippen molar-refractivity contribution in [2.75, 3.05) is 6.61 Å².